The second kappa shape index (κ2) is 9.18. The highest BCUT2D eigenvalue weighted by Crippen LogP contribution is 2.13. The van der Waals surface area contributed by atoms with Crippen molar-refractivity contribution in [2.24, 2.45) is 0 Å². The zero-order valence-corrected chi connectivity index (χ0v) is 16.0. The number of carbonyl (C=O) groups excluding carboxylic acids is 2. The Bertz CT molecular complexity index is 926. The molecule has 0 aliphatic heterocycles. The number of benzene rings is 1. The molecule has 10 heteroatoms. The van der Waals surface area contributed by atoms with E-state index < -0.39 is 0 Å². The lowest BCUT2D eigenvalue weighted by atomic mass is 10.2. The summed E-state index contributed by atoms with van der Waals surface area (Å²) in [6.45, 7) is 2.43. The molecule has 0 unspecified atom stereocenters. The van der Waals surface area contributed by atoms with Crippen molar-refractivity contribution in [3.63, 3.8) is 0 Å². The number of hydrogen-bond acceptors (Lipinski definition) is 6. The van der Waals surface area contributed by atoms with E-state index in [9.17, 15) is 14.0 Å². The summed E-state index contributed by atoms with van der Waals surface area (Å²) in [5.41, 5.74) is 0.598. The van der Waals surface area contributed by atoms with E-state index in [1.54, 1.807) is 18.3 Å². The molecule has 1 aromatic carbocycles. The Hall–Kier alpha value is -3.14. The number of amides is 2. The summed E-state index contributed by atoms with van der Waals surface area (Å²) < 4.78 is 13.0. The summed E-state index contributed by atoms with van der Waals surface area (Å²) in [4.78, 5) is 28.2. The van der Waals surface area contributed by atoms with Gasteiger partial charge in [0, 0.05) is 17.0 Å². The van der Waals surface area contributed by atoms with Crippen molar-refractivity contribution in [2.45, 2.75) is 20.0 Å². The summed E-state index contributed by atoms with van der Waals surface area (Å²) in [6, 6.07) is 9.52. The molecule has 0 radical (unpaired) electrons. The highest BCUT2D eigenvalue weighted by atomic mass is 32.1. The van der Waals surface area contributed by atoms with E-state index in [1.807, 2.05) is 17.5 Å². The van der Waals surface area contributed by atoms with E-state index >= 15 is 0 Å². The molecule has 28 heavy (non-hydrogen) atoms. The maximum Gasteiger partial charge on any atom is 0.246 e. The van der Waals surface area contributed by atoms with Gasteiger partial charge in [-0.25, -0.2) is 4.39 Å². The van der Waals surface area contributed by atoms with Gasteiger partial charge in [-0.1, -0.05) is 6.07 Å². The number of nitrogens with zero attached hydrogens (tertiary/aromatic N) is 5. The highest BCUT2D eigenvalue weighted by Gasteiger charge is 2.17. The molecule has 0 aliphatic carbocycles. The normalized spacial score (nSPS) is 10.6. The third kappa shape index (κ3) is 5.19. The molecule has 0 spiro atoms. The lowest BCUT2D eigenvalue weighted by Gasteiger charge is -2.19. The molecule has 0 saturated heterocycles. The van der Waals surface area contributed by atoms with Gasteiger partial charge in [-0.05, 0) is 47.8 Å². The minimum atomic E-state index is -0.359. The summed E-state index contributed by atoms with van der Waals surface area (Å²) in [6.07, 6.45) is 0. The number of tetrazole rings is 1. The van der Waals surface area contributed by atoms with Crippen molar-refractivity contribution in [3.8, 4) is 11.4 Å². The van der Waals surface area contributed by atoms with Crippen LogP contribution in [0.1, 0.15) is 11.8 Å². The molecule has 146 valence electrons. The zero-order valence-electron chi connectivity index (χ0n) is 15.2. The summed E-state index contributed by atoms with van der Waals surface area (Å²) >= 11 is 1.56. The van der Waals surface area contributed by atoms with E-state index in [-0.39, 0.29) is 30.7 Å². The number of thiophene rings is 1. The van der Waals surface area contributed by atoms with E-state index in [0.29, 0.717) is 24.5 Å². The Labute approximate surface area is 165 Å². The van der Waals surface area contributed by atoms with E-state index in [0.717, 1.165) is 9.67 Å². The molecule has 0 saturated carbocycles. The first-order chi connectivity index (χ1) is 13.5. The Morgan fingerprint density at radius 2 is 2.04 bits per heavy atom. The van der Waals surface area contributed by atoms with Gasteiger partial charge in [0.05, 0.1) is 13.1 Å². The van der Waals surface area contributed by atoms with Crippen LogP contribution in [0.25, 0.3) is 11.4 Å². The average molecular weight is 402 g/mol. The standard InChI is InChI=1S/C18H19FN6O2S/c1-2-24(11-16(26)20-10-15-4-3-9-28-15)17(27)12-25-22-18(21-23-25)13-5-7-14(19)8-6-13/h3-9H,2,10-12H2,1H3,(H,20,26). The molecule has 0 atom stereocenters. The molecule has 0 bridgehead atoms. The fraction of sp³-hybridized carbons (Fsp3) is 0.278. The highest BCUT2D eigenvalue weighted by molar-refractivity contribution is 7.09. The van der Waals surface area contributed by atoms with Gasteiger partial charge in [-0.3, -0.25) is 9.59 Å². The lowest BCUT2D eigenvalue weighted by molar-refractivity contribution is -0.136. The predicted octanol–water partition coefficient (Wildman–Crippen LogP) is 1.71. The monoisotopic (exact) mass is 402 g/mol. The average Bonchev–Trinajstić information content (AvgIpc) is 3.37. The third-order valence-electron chi connectivity index (χ3n) is 3.94. The van der Waals surface area contributed by atoms with Gasteiger partial charge < -0.3 is 10.2 Å². The van der Waals surface area contributed by atoms with Crippen molar-refractivity contribution in [1.29, 1.82) is 0 Å². The number of rotatable bonds is 8. The van der Waals surface area contributed by atoms with Crippen molar-refractivity contribution in [1.82, 2.24) is 30.4 Å². The molecule has 0 aliphatic rings. The number of carbonyl (C=O) groups is 2. The van der Waals surface area contributed by atoms with Crippen LogP contribution in [0.3, 0.4) is 0 Å². The van der Waals surface area contributed by atoms with E-state index in [2.05, 4.69) is 20.7 Å². The molecule has 8 nitrogen and oxygen atoms in total. The fourth-order valence-corrected chi connectivity index (χ4v) is 3.09. The second-order valence-electron chi connectivity index (χ2n) is 5.91. The number of nitrogens with one attached hydrogen (secondary N) is 1. The molecule has 2 aromatic heterocycles. The second-order valence-corrected chi connectivity index (χ2v) is 6.95. The van der Waals surface area contributed by atoms with Gasteiger partial charge in [0.15, 0.2) is 0 Å². The van der Waals surface area contributed by atoms with E-state index in [1.165, 1.54) is 29.2 Å². The largest absolute Gasteiger partial charge is 0.350 e. The fourth-order valence-electron chi connectivity index (χ4n) is 2.45. The van der Waals surface area contributed by atoms with Crippen molar-refractivity contribution >= 4 is 23.2 Å². The summed E-state index contributed by atoms with van der Waals surface area (Å²) in [5, 5.41) is 16.6. The van der Waals surface area contributed by atoms with Gasteiger partial charge in [-0.15, -0.1) is 21.5 Å². The molecular weight excluding hydrogens is 383 g/mol. The summed E-state index contributed by atoms with van der Waals surface area (Å²) in [7, 11) is 0. The zero-order chi connectivity index (χ0) is 19.9. The van der Waals surface area contributed by atoms with Crippen LogP contribution in [0, 0.1) is 5.82 Å². The first-order valence-corrected chi connectivity index (χ1v) is 9.53. The SMILES string of the molecule is CCN(CC(=O)NCc1cccs1)C(=O)Cn1nnc(-c2ccc(F)cc2)n1. The van der Waals surface area contributed by atoms with Gasteiger partial charge >= 0.3 is 0 Å². The smallest absolute Gasteiger partial charge is 0.246 e. The van der Waals surface area contributed by atoms with Crippen LogP contribution in [0.5, 0.6) is 0 Å². The Morgan fingerprint density at radius 1 is 1.25 bits per heavy atom. The number of hydrogen-bond donors (Lipinski definition) is 1. The lowest BCUT2D eigenvalue weighted by Crippen LogP contribution is -2.42. The minimum Gasteiger partial charge on any atom is -0.350 e. The number of aromatic nitrogens is 4. The molecule has 0 fully saturated rings. The van der Waals surface area contributed by atoms with Gasteiger partial charge in [0.25, 0.3) is 0 Å². The Morgan fingerprint density at radius 3 is 2.71 bits per heavy atom. The number of halogens is 1. The predicted molar refractivity (Wildman–Crippen MR) is 102 cm³/mol. The molecule has 2 heterocycles. The van der Waals surface area contributed by atoms with Crippen molar-refractivity contribution < 1.29 is 14.0 Å². The minimum absolute atomic E-state index is 0.0414. The van der Waals surface area contributed by atoms with Crippen molar-refractivity contribution in [3.05, 3.63) is 52.5 Å². The molecule has 1 N–H and O–H groups in total. The maximum absolute atomic E-state index is 13.0. The molecule has 3 aromatic rings. The first-order valence-electron chi connectivity index (χ1n) is 8.65. The first kappa shape index (κ1) is 19.6. The quantitative estimate of drug-likeness (QED) is 0.619. The van der Waals surface area contributed by atoms with Crippen LogP contribution in [-0.2, 0) is 22.7 Å². The van der Waals surface area contributed by atoms with Crippen LogP contribution >= 0.6 is 11.3 Å². The van der Waals surface area contributed by atoms with Gasteiger partial charge in [-0.2, -0.15) is 4.80 Å². The van der Waals surface area contributed by atoms with Crippen LogP contribution in [0.15, 0.2) is 41.8 Å². The Balaban J connectivity index is 1.54. The van der Waals surface area contributed by atoms with Crippen LogP contribution < -0.4 is 5.32 Å². The number of likely N-dealkylation sites (N-methyl/N-ethyl adjacent to an activating group) is 1. The van der Waals surface area contributed by atoms with Gasteiger partial charge in [0.2, 0.25) is 17.6 Å². The molecular formula is C18H19FN6O2S. The third-order valence-corrected chi connectivity index (χ3v) is 4.82. The summed E-state index contributed by atoms with van der Waals surface area (Å²) in [5.74, 6) is -0.592. The van der Waals surface area contributed by atoms with Crippen LogP contribution in [0.2, 0.25) is 0 Å². The van der Waals surface area contributed by atoms with Crippen molar-refractivity contribution in [2.75, 3.05) is 13.1 Å². The molecule has 2 amide bonds. The van der Waals surface area contributed by atoms with Crippen LogP contribution in [0.4, 0.5) is 4.39 Å². The molecule has 3 rings (SSSR count). The van der Waals surface area contributed by atoms with E-state index in [4.69, 9.17) is 0 Å². The van der Waals surface area contributed by atoms with Gasteiger partial charge in [0.1, 0.15) is 12.4 Å². The topological polar surface area (TPSA) is 93.0 Å². The Kier molecular flexibility index (Phi) is 6.43. The maximum atomic E-state index is 13.0. The van der Waals surface area contributed by atoms with Crippen LogP contribution in [-0.4, -0.2) is 50.0 Å².